The summed E-state index contributed by atoms with van der Waals surface area (Å²) < 4.78 is 0. The molecule has 18 heavy (non-hydrogen) atoms. The maximum atomic E-state index is 11.9. The Bertz CT molecular complexity index is 261. The van der Waals surface area contributed by atoms with Crippen LogP contribution < -0.4 is 5.32 Å². The molecule has 2 fully saturated rings. The van der Waals surface area contributed by atoms with E-state index in [-0.39, 0.29) is 6.03 Å². The molecule has 0 spiro atoms. The summed E-state index contributed by atoms with van der Waals surface area (Å²) in [5.41, 5.74) is 0. The fourth-order valence-electron chi connectivity index (χ4n) is 2.47. The van der Waals surface area contributed by atoms with E-state index in [4.69, 9.17) is 0 Å². The Morgan fingerprint density at radius 3 is 2.56 bits per heavy atom. The first kappa shape index (κ1) is 14.0. The van der Waals surface area contributed by atoms with Crippen molar-refractivity contribution in [3.8, 4) is 0 Å². The minimum absolute atomic E-state index is 0.133. The Morgan fingerprint density at radius 2 is 1.89 bits per heavy atom. The van der Waals surface area contributed by atoms with E-state index in [9.17, 15) is 4.79 Å². The van der Waals surface area contributed by atoms with Crippen molar-refractivity contribution >= 4 is 17.8 Å². The van der Waals surface area contributed by atoms with Crippen LogP contribution in [-0.2, 0) is 0 Å². The Labute approximate surface area is 114 Å². The average Bonchev–Trinajstić information content (AvgIpc) is 2.40. The standard InChI is InChI=1S/C13H25N3OS/c1-12-2-5-16(6-3-12)13(17)14-4-7-15-8-10-18-11-9-15/h12H,2-11H2,1H3,(H,14,17). The summed E-state index contributed by atoms with van der Waals surface area (Å²) >= 11 is 2.02. The number of carbonyl (C=O) groups excluding carboxylic acids is 1. The van der Waals surface area contributed by atoms with E-state index in [2.05, 4.69) is 17.1 Å². The van der Waals surface area contributed by atoms with Crippen molar-refractivity contribution in [2.45, 2.75) is 19.8 Å². The first-order valence-electron chi connectivity index (χ1n) is 7.08. The zero-order chi connectivity index (χ0) is 12.8. The van der Waals surface area contributed by atoms with Crippen molar-refractivity contribution in [2.75, 3.05) is 50.8 Å². The molecule has 0 saturated carbocycles. The molecule has 0 aromatic heterocycles. The van der Waals surface area contributed by atoms with Crippen molar-refractivity contribution in [1.82, 2.24) is 15.1 Å². The van der Waals surface area contributed by atoms with Gasteiger partial charge in [-0.3, -0.25) is 4.90 Å². The number of amides is 2. The van der Waals surface area contributed by atoms with Gasteiger partial charge in [0.1, 0.15) is 0 Å². The van der Waals surface area contributed by atoms with Crippen LogP contribution in [-0.4, -0.2) is 66.6 Å². The van der Waals surface area contributed by atoms with Gasteiger partial charge in [0.2, 0.25) is 0 Å². The number of nitrogens with zero attached hydrogens (tertiary/aromatic N) is 2. The van der Waals surface area contributed by atoms with Crippen LogP contribution in [0.25, 0.3) is 0 Å². The molecule has 2 rings (SSSR count). The van der Waals surface area contributed by atoms with Gasteiger partial charge in [-0.1, -0.05) is 6.92 Å². The fourth-order valence-corrected chi connectivity index (χ4v) is 3.45. The number of hydrogen-bond donors (Lipinski definition) is 1. The number of urea groups is 1. The SMILES string of the molecule is CC1CCN(C(=O)NCCN2CCSCC2)CC1. The van der Waals surface area contributed by atoms with Crippen LogP contribution in [0, 0.1) is 5.92 Å². The second-order valence-electron chi connectivity index (χ2n) is 5.36. The third-order valence-corrected chi connectivity index (χ3v) is 4.82. The average molecular weight is 271 g/mol. The molecule has 0 aromatic carbocycles. The third kappa shape index (κ3) is 4.35. The van der Waals surface area contributed by atoms with Gasteiger partial charge in [0.05, 0.1) is 0 Å². The highest BCUT2D eigenvalue weighted by atomic mass is 32.2. The van der Waals surface area contributed by atoms with Crippen molar-refractivity contribution in [1.29, 1.82) is 0 Å². The third-order valence-electron chi connectivity index (χ3n) is 3.88. The quantitative estimate of drug-likeness (QED) is 0.844. The van der Waals surface area contributed by atoms with Crippen molar-refractivity contribution < 1.29 is 4.79 Å². The van der Waals surface area contributed by atoms with Crippen LogP contribution in [0.4, 0.5) is 4.79 Å². The number of rotatable bonds is 3. The molecule has 0 radical (unpaired) electrons. The van der Waals surface area contributed by atoms with Crippen LogP contribution >= 0.6 is 11.8 Å². The van der Waals surface area contributed by atoms with E-state index in [1.807, 2.05) is 16.7 Å². The number of hydrogen-bond acceptors (Lipinski definition) is 3. The van der Waals surface area contributed by atoms with Crippen molar-refractivity contribution in [3.05, 3.63) is 0 Å². The maximum Gasteiger partial charge on any atom is 0.317 e. The Balaban J connectivity index is 1.59. The van der Waals surface area contributed by atoms with Gasteiger partial charge < -0.3 is 10.2 Å². The smallest absolute Gasteiger partial charge is 0.317 e. The van der Waals surface area contributed by atoms with Gasteiger partial charge >= 0.3 is 6.03 Å². The van der Waals surface area contributed by atoms with Crippen LogP contribution in [0.3, 0.4) is 0 Å². The Morgan fingerprint density at radius 1 is 1.22 bits per heavy atom. The van der Waals surface area contributed by atoms with E-state index in [1.165, 1.54) is 24.6 Å². The lowest BCUT2D eigenvalue weighted by molar-refractivity contribution is 0.172. The predicted molar refractivity (Wildman–Crippen MR) is 77.1 cm³/mol. The summed E-state index contributed by atoms with van der Waals surface area (Å²) in [5.74, 6) is 3.25. The molecule has 4 nitrogen and oxygen atoms in total. The molecular weight excluding hydrogens is 246 g/mol. The summed E-state index contributed by atoms with van der Waals surface area (Å²) in [4.78, 5) is 16.3. The summed E-state index contributed by atoms with van der Waals surface area (Å²) in [6, 6.07) is 0.133. The molecule has 0 unspecified atom stereocenters. The van der Waals surface area contributed by atoms with Crippen LogP contribution in [0.1, 0.15) is 19.8 Å². The first-order chi connectivity index (χ1) is 8.75. The zero-order valence-electron chi connectivity index (χ0n) is 11.4. The van der Waals surface area contributed by atoms with Gasteiger partial charge in [-0.15, -0.1) is 0 Å². The van der Waals surface area contributed by atoms with E-state index in [1.54, 1.807) is 0 Å². The summed E-state index contributed by atoms with van der Waals surface area (Å²) in [6.07, 6.45) is 2.30. The summed E-state index contributed by atoms with van der Waals surface area (Å²) in [5, 5.41) is 3.05. The summed E-state index contributed by atoms with van der Waals surface area (Å²) in [7, 11) is 0. The summed E-state index contributed by atoms with van der Waals surface area (Å²) in [6.45, 7) is 8.24. The highest BCUT2D eigenvalue weighted by Crippen LogP contribution is 2.15. The molecule has 0 bridgehead atoms. The number of thioether (sulfide) groups is 1. The van der Waals surface area contributed by atoms with E-state index in [0.29, 0.717) is 0 Å². The van der Waals surface area contributed by atoms with Gasteiger partial charge in [-0.05, 0) is 18.8 Å². The maximum absolute atomic E-state index is 11.9. The Kier molecular flexibility index (Phi) is 5.63. The molecule has 0 aromatic rings. The molecule has 2 heterocycles. The van der Waals surface area contributed by atoms with Crippen LogP contribution in [0.5, 0.6) is 0 Å². The lowest BCUT2D eigenvalue weighted by Crippen LogP contribution is -2.46. The highest BCUT2D eigenvalue weighted by Gasteiger charge is 2.20. The van der Waals surface area contributed by atoms with Gasteiger partial charge in [0.15, 0.2) is 0 Å². The molecule has 2 aliphatic rings. The number of likely N-dealkylation sites (tertiary alicyclic amines) is 1. The second-order valence-corrected chi connectivity index (χ2v) is 6.58. The van der Waals surface area contributed by atoms with Gasteiger partial charge in [-0.2, -0.15) is 11.8 Å². The number of nitrogens with one attached hydrogen (secondary N) is 1. The van der Waals surface area contributed by atoms with E-state index < -0.39 is 0 Å². The van der Waals surface area contributed by atoms with Crippen LogP contribution in [0.2, 0.25) is 0 Å². The van der Waals surface area contributed by atoms with Crippen LogP contribution in [0.15, 0.2) is 0 Å². The van der Waals surface area contributed by atoms with Gasteiger partial charge in [0, 0.05) is 50.8 Å². The van der Waals surface area contributed by atoms with Crippen molar-refractivity contribution in [3.63, 3.8) is 0 Å². The minimum Gasteiger partial charge on any atom is -0.337 e. The molecule has 2 aliphatic heterocycles. The largest absolute Gasteiger partial charge is 0.337 e. The molecule has 2 amide bonds. The lowest BCUT2D eigenvalue weighted by Gasteiger charge is -2.31. The van der Waals surface area contributed by atoms with E-state index >= 15 is 0 Å². The van der Waals surface area contributed by atoms with E-state index in [0.717, 1.165) is 44.9 Å². The zero-order valence-corrected chi connectivity index (χ0v) is 12.2. The molecule has 5 heteroatoms. The first-order valence-corrected chi connectivity index (χ1v) is 8.24. The lowest BCUT2D eigenvalue weighted by atomic mass is 10.00. The molecule has 1 N–H and O–H groups in total. The molecule has 104 valence electrons. The van der Waals surface area contributed by atoms with Gasteiger partial charge in [0.25, 0.3) is 0 Å². The Hall–Kier alpha value is -0.420. The molecule has 0 aliphatic carbocycles. The normalized spacial score (nSPS) is 23.1. The molecular formula is C13H25N3OS. The fraction of sp³-hybridized carbons (Fsp3) is 0.923. The monoisotopic (exact) mass is 271 g/mol. The molecule has 2 saturated heterocycles. The second kappa shape index (κ2) is 7.24. The number of carbonyl (C=O) groups is 1. The highest BCUT2D eigenvalue weighted by molar-refractivity contribution is 7.99. The predicted octanol–water partition coefficient (Wildman–Crippen LogP) is 1.48. The minimum atomic E-state index is 0.133. The molecule has 0 atom stereocenters. The van der Waals surface area contributed by atoms with Gasteiger partial charge in [-0.25, -0.2) is 4.79 Å². The van der Waals surface area contributed by atoms with Crippen molar-refractivity contribution in [2.24, 2.45) is 5.92 Å². The number of piperidine rings is 1. The topological polar surface area (TPSA) is 35.6 Å².